The Hall–Kier alpha value is -4.01. The molecular formula is C21H20N6O3. The molecule has 0 fully saturated rings. The van der Waals surface area contributed by atoms with Crippen LogP contribution in [0, 0.1) is 0 Å². The minimum absolute atomic E-state index is 0.201. The van der Waals surface area contributed by atoms with E-state index in [0.717, 1.165) is 10.7 Å². The number of ether oxygens (including phenoxy) is 2. The lowest BCUT2D eigenvalue weighted by Gasteiger charge is -2.32. The van der Waals surface area contributed by atoms with E-state index in [1.54, 1.807) is 23.7 Å². The van der Waals surface area contributed by atoms with Crippen molar-refractivity contribution in [3.8, 4) is 11.4 Å². The minimum Gasteiger partial charge on any atom is -0.465 e. The lowest BCUT2D eigenvalue weighted by atomic mass is 10.1. The van der Waals surface area contributed by atoms with Gasteiger partial charge in [0.05, 0.1) is 12.3 Å². The van der Waals surface area contributed by atoms with Crippen LogP contribution in [0.1, 0.15) is 19.2 Å². The third kappa shape index (κ3) is 3.90. The van der Waals surface area contributed by atoms with Gasteiger partial charge in [-0.2, -0.15) is 14.8 Å². The van der Waals surface area contributed by atoms with Crippen molar-refractivity contribution in [3.05, 3.63) is 78.6 Å². The number of hydrogen-bond acceptors (Lipinski definition) is 7. The maximum atomic E-state index is 12.6. The molecule has 4 rings (SSSR count). The number of hydrogen-bond donors (Lipinski definition) is 0. The van der Waals surface area contributed by atoms with Gasteiger partial charge in [-0.15, -0.1) is 5.10 Å². The van der Waals surface area contributed by atoms with Crippen LogP contribution in [0.3, 0.4) is 0 Å². The number of carbonyl (C=O) groups excluding carboxylic acids is 1. The van der Waals surface area contributed by atoms with Crippen molar-refractivity contribution in [2.75, 3.05) is 6.61 Å². The van der Waals surface area contributed by atoms with Crippen molar-refractivity contribution in [1.29, 1.82) is 0 Å². The SMILES string of the molecule is C=C1CC(c2nnnn2-c2ccccc2)=NN(C(=O)OCC)C1Oc1ccccc1. The largest absolute Gasteiger partial charge is 0.465 e. The van der Waals surface area contributed by atoms with Gasteiger partial charge in [0, 0.05) is 6.42 Å². The molecule has 0 aliphatic carbocycles. The van der Waals surface area contributed by atoms with Crippen molar-refractivity contribution in [2.24, 2.45) is 5.10 Å². The Balaban J connectivity index is 1.71. The smallest absolute Gasteiger partial charge is 0.434 e. The van der Waals surface area contributed by atoms with Gasteiger partial charge >= 0.3 is 6.09 Å². The molecule has 9 nitrogen and oxygen atoms in total. The predicted octanol–water partition coefficient (Wildman–Crippen LogP) is 3.19. The van der Waals surface area contributed by atoms with Crippen LogP contribution in [0.4, 0.5) is 4.79 Å². The molecule has 30 heavy (non-hydrogen) atoms. The molecule has 0 spiro atoms. The first kappa shape index (κ1) is 19.3. The number of hydrazone groups is 1. The van der Waals surface area contributed by atoms with Crippen molar-refractivity contribution in [2.45, 2.75) is 19.6 Å². The molecule has 1 aliphatic rings. The number of para-hydroxylation sites is 2. The lowest BCUT2D eigenvalue weighted by molar-refractivity contribution is 0.0326. The molecule has 0 N–H and O–H groups in total. The van der Waals surface area contributed by atoms with Gasteiger partial charge in [0.15, 0.2) is 0 Å². The number of benzene rings is 2. The number of amides is 1. The maximum absolute atomic E-state index is 12.6. The normalized spacial score (nSPS) is 16.2. The summed E-state index contributed by atoms with van der Waals surface area (Å²) in [6.07, 6.45) is -1.12. The van der Waals surface area contributed by atoms with Gasteiger partial charge in [-0.05, 0) is 47.2 Å². The third-order valence-corrected chi connectivity index (χ3v) is 4.37. The summed E-state index contributed by atoms with van der Waals surface area (Å²) in [7, 11) is 0. The Bertz CT molecular complexity index is 1060. The Morgan fingerprint density at radius 1 is 1.13 bits per heavy atom. The van der Waals surface area contributed by atoms with E-state index in [1.807, 2.05) is 48.5 Å². The molecule has 1 amide bonds. The maximum Gasteiger partial charge on any atom is 0.434 e. The second-order valence-corrected chi connectivity index (χ2v) is 6.46. The molecule has 1 atom stereocenters. The van der Waals surface area contributed by atoms with Crippen LogP contribution >= 0.6 is 0 Å². The van der Waals surface area contributed by atoms with Crippen LogP contribution in [-0.4, -0.2) is 49.9 Å². The lowest BCUT2D eigenvalue weighted by Crippen LogP contribution is -2.45. The Labute approximate surface area is 173 Å². The average molecular weight is 404 g/mol. The monoisotopic (exact) mass is 404 g/mol. The first-order valence-electron chi connectivity index (χ1n) is 9.44. The molecule has 0 radical (unpaired) electrons. The molecule has 0 saturated carbocycles. The quantitative estimate of drug-likeness (QED) is 0.606. The van der Waals surface area contributed by atoms with E-state index in [0.29, 0.717) is 29.3 Å². The zero-order valence-electron chi connectivity index (χ0n) is 16.4. The van der Waals surface area contributed by atoms with Crippen molar-refractivity contribution >= 4 is 11.8 Å². The number of carbonyl (C=O) groups is 1. The second kappa shape index (κ2) is 8.56. The highest BCUT2D eigenvalue weighted by Gasteiger charge is 2.36. The van der Waals surface area contributed by atoms with E-state index >= 15 is 0 Å². The third-order valence-electron chi connectivity index (χ3n) is 4.37. The van der Waals surface area contributed by atoms with Gasteiger partial charge in [-0.1, -0.05) is 43.0 Å². The predicted molar refractivity (Wildman–Crippen MR) is 109 cm³/mol. The van der Waals surface area contributed by atoms with Crippen LogP contribution < -0.4 is 4.74 Å². The zero-order valence-corrected chi connectivity index (χ0v) is 16.4. The average Bonchev–Trinajstić information content (AvgIpc) is 3.26. The van der Waals surface area contributed by atoms with Gasteiger partial charge in [-0.3, -0.25) is 0 Å². The van der Waals surface area contributed by atoms with Crippen molar-refractivity contribution < 1.29 is 14.3 Å². The summed E-state index contributed by atoms with van der Waals surface area (Å²) in [5, 5.41) is 17.6. The standard InChI is InChI=1S/C21H20N6O3/c1-3-29-21(28)27-20(30-17-12-8-5-9-13-17)15(2)14-18(23-27)19-22-24-25-26(19)16-10-6-4-7-11-16/h4-13,20H,2-3,14H2,1H3. The zero-order chi connectivity index (χ0) is 20.9. The second-order valence-electron chi connectivity index (χ2n) is 6.46. The number of nitrogens with zero attached hydrogens (tertiary/aromatic N) is 6. The molecule has 1 unspecified atom stereocenters. The summed E-state index contributed by atoms with van der Waals surface area (Å²) in [4.78, 5) is 12.6. The topological polar surface area (TPSA) is 94.7 Å². The highest BCUT2D eigenvalue weighted by molar-refractivity contribution is 6.00. The van der Waals surface area contributed by atoms with Gasteiger partial charge in [0.1, 0.15) is 11.5 Å². The molecule has 1 aliphatic heterocycles. The Morgan fingerprint density at radius 2 is 1.83 bits per heavy atom. The fourth-order valence-corrected chi connectivity index (χ4v) is 3.01. The van der Waals surface area contributed by atoms with Crippen LogP contribution in [0.2, 0.25) is 0 Å². The minimum atomic E-state index is -0.809. The summed E-state index contributed by atoms with van der Waals surface area (Å²) in [6, 6.07) is 18.6. The molecule has 2 heterocycles. The highest BCUT2D eigenvalue weighted by Crippen LogP contribution is 2.26. The van der Waals surface area contributed by atoms with E-state index in [-0.39, 0.29) is 6.61 Å². The van der Waals surface area contributed by atoms with E-state index in [1.165, 1.54) is 0 Å². The summed E-state index contributed by atoms with van der Waals surface area (Å²) < 4.78 is 12.7. The summed E-state index contributed by atoms with van der Waals surface area (Å²) in [5.74, 6) is 1.00. The van der Waals surface area contributed by atoms with E-state index < -0.39 is 12.3 Å². The Kier molecular flexibility index (Phi) is 5.51. The van der Waals surface area contributed by atoms with E-state index in [4.69, 9.17) is 9.47 Å². The molecule has 0 saturated heterocycles. The molecular weight excluding hydrogens is 384 g/mol. The summed E-state index contributed by atoms with van der Waals surface area (Å²) in [5.41, 5.74) is 1.88. The van der Waals surface area contributed by atoms with Crippen molar-refractivity contribution in [3.63, 3.8) is 0 Å². The fraction of sp³-hybridized carbons (Fsp3) is 0.190. The van der Waals surface area contributed by atoms with E-state index in [9.17, 15) is 4.79 Å². The molecule has 3 aromatic rings. The van der Waals surface area contributed by atoms with Crippen LogP contribution in [-0.2, 0) is 4.74 Å². The number of rotatable bonds is 5. The molecule has 1 aromatic heterocycles. The first-order valence-corrected chi connectivity index (χ1v) is 9.44. The fourth-order valence-electron chi connectivity index (χ4n) is 3.01. The summed E-state index contributed by atoms with van der Waals surface area (Å²) >= 11 is 0. The highest BCUT2D eigenvalue weighted by atomic mass is 16.6. The molecule has 2 aromatic carbocycles. The number of aromatic nitrogens is 4. The van der Waals surface area contributed by atoms with Gasteiger partial charge < -0.3 is 9.47 Å². The molecule has 9 heteroatoms. The Morgan fingerprint density at radius 3 is 2.53 bits per heavy atom. The molecule has 152 valence electrons. The van der Waals surface area contributed by atoms with Crippen molar-refractivity contribution in [1.82, 2.24) is 25.2 Å². The van der Waals surface area contributed by atoms with Crippen LogP contribution in [0.15, 0.2) is 77.9 Å². The van der Waals surface area contributed by atoms with Crippen LogP contribution in [0.5, 0.6) is 5.75 Å². The summed E-state index contributed by atoms with van der Waals surface area (Å²) in [6.45, 7) is 6.04. The van der Waals surface area contributed by atoms with Gasteiger partial charge in [0.2, 0.25) is 12.1 Å². The van der Waals surface area contributed by atoms with E-state index in [2.05, 4.69) is 27.2 Å². The molecule has 0 bridgehead atoms. The van der Waals surface area contributed by atoms with Gasteiger partial charge in [0.25, 0.3) is 0 Å². The first-order chi connectivity index (χ1) is 14.7. The van der Waals surface area contributed by atoms with Crippen LogP contribution in [0.25, 0.3) is 5.69 Å². The van der Waals surface area contributed by atoms with Gasteiger partial charge in [-0.25, -0.2) is 4.79 Å². The number of tetrazole rings is 1.